The van der Waals surface area contributed by atoms with Crippen LogP contribution in [-0.2, 0) is 0 Å². The number of nitrogens with one attached hydrogen (secondary N) is 2. The smallest absolute Gasteiger partial charge is 0.265 e. The van der Waals surface area contributed by atoms with Gasteiger partial charge in [-0.25, -0.2) is 0 Å². The first-order valence-electron chi connectivity index (χ1n) is 9.08. The number of anilines is 2. The number of methoxy groups -OCH3 is 1. The average Bonchev–Trinajstić information content (AvgIpc) is 3.30. The molecular weight excluding hydrogens is 420 g/mol. The quantitative estimate of drug-likeness (QED) is 0.399. The Balaban J connectivity index is 1.57. The summed E-state index contributed by atoms with van der Waals surface area (Å²) in [5, 5.41) is 9.72. The molecule has 0 spiro atoms. The van der Waals surface area contributed by atoms with Gasteiger partial charge in [-0.2, -0.15) is 0 Å². The Kier molecular flexibility index (Phi) is 5.70. The molecule has 5 nitrogen and oxygen atoms in total. The number of ether oxygens (including phenoxy) is 1. The van der Waals surface area contributed by atoms with E-state index < -0.39 is 0 Å². The normalized spacial score (nSPS) is 10.6. The van der Waals surface area contributed by atoms with Gasteiger partial charge in [0.2, 0.25) is 0 Å². The summed E-state index contributed by atoms with van der Waals surface area (Å²) < 4.78 is 5.40. The fourth-order valence-corrected chi connectivity index (χ4v) is 3.99. The topological polar surface area (TPSA) is 67.4 Å². The molecule has 0 saturated carbocycles. The summed E-state index contributed by atoms with van der Waals surface area (Å²) in [5.41, 5.74) is 1.58. The molecule has 0 atom stereocenters. The van der Waals surface area contributed by atoms with Crippen LogP contribution in [0, 0.1) is 0 Å². The molecule has 0 saturated heterocycles. The second-order valence-corrected chi connectivity index (χ2v) is 7.80. The lowest BCUT2D eigenvalue weighted by Crippen LogP contribution is -2.14. The number of amides is 2. The first-order chi connectivity index (χ1) is 14.6. The van der Waals surface area contributed by atoms with Crippen molar-refractivity contribution in [1.29, 1.82) is 0 Å². The van der Waals surface area contributed by atoms with Gasteiger partial charge in [0.15, 0.2) is 0 Å². The van der Waals surface area contributed by atoms with Crippen LogP contribution in [0.4, 0.5) is 11.4 Å². The van der Waals surface area contributed by atoms with E-state index in [2.05, 4.69) is 10.6 Å². The Labute approximate surface area is 182 Å². The van der Waals surface area contributed by atoms with Crippen LogP contribution in [0.3, 0.4) is 0 Å². The largest absolute Gasteiger partial charge is 0.494 e. The van der Waals surface area contributed by atoms with Crippen molar-refractivity contribution in [2.24, 2.45) is 0 Å². The van der Waals surface area contributed by atoms with Gasteiger partial charge in [0.25, 0.3) is 11.8 Å². The van der Waals surface area contributed by atoms with Crippen LogP contribution >= 0.6 is 22.9 Å². The molecule has 150 valence electrons. The predicted molar refractivity (Wildman–Crippen MR) is 122 cm³/mol. The lowest BCUT2D eigenvalue weighted by molar-refractivity contribution is 0.102. The van der Waals surface area contributed by atoms with Gasteiger partial charge in [-0.1, -0.05) is 41.9 Å². The number of carbonyl (C=O) groups excluding carboxylic acids is 2. The van der Waals surface area contributed by atoms with Crippen molar-refractivity contribution >= 4 is 56.9 Å². The molecule has 0 unspecified atom stereocenters. The molecule has 0 aliphatic heterocycles. The molecule has 2 N–H and O–H groups in total. The third-order valence-corrected chi connectivity index (χ3v) is 5.76. The van der Waals surface area contributed by atoms with Gasteiger partial charge in [0.05, 0.1) is 17.7 Å². The lowest BCUT2D eigenvalue weighted by atomic mass is 10.0. The van der Waals surface area contributed by atoms with Gasteiger partial charge >= 0.3 is 0 Å². The number of benzene rings is 3. The summed E-state index contributed by atoms with van der Waals surface area (Å²) in [5.74, 6) is -0.0355. The second kappa shape index (κ2) is 8.57. The molecule has 2 amide bonds. The van der Waals surface area contributed by atoms with Gasteiger partial charge in [-0.3, -0.25) is 9.59 Å². The molecule has 1 heterocycles. The highest BCUT2D eigenvalue weighted by atomic mass is 35.5. The third kappa shape index (κ3) is 4.01. The van der Waals surface area contributed by atoms with E-state index in [1.165, 1.54) is 18.4 Å². The first-order valence-corrected chi connectivity index (χ1v) is 10.3. The van der Waals surface area contributed by atoms with E-state index in [0.717, 1.165) is 10.8 Å². The molecule has 0 fully saturated rings. The number of carbonyl (C=O) groups is 2. The van der Waals surface area contributed by atoms with Gasteiger partial charge in [-0.15, -0.1) is 11.3 Å². The van der Waals surface area contributed by atoms with Gasteiger partial charge < -0.3 is 15.4 Å². The minimum Gasteiger partial charge on any atom is -0.494 e. The Morgan fingerprint density at radius 2 is 1.70 bits per heavy atom. The SMILES string of the molecule is COc1cc(NC(=O)c2cccc3c(Cl)cccc23)ccc1NC(=O)c1cccs1. The van der Waals surface area contributed by atoms with E-state index in [9.17, 15) is 9.59 Å². The monoisotopic (exact) mass is 436 g/mol. The Hall–Kier alpha value is -3.35. The standard InChI is InChI=1S/C23H17ClN2O3S/c1-29-20-13-14(10-11-19(20)26-23(28)21-9-4-12-30-21)25-22(27)17-7-2-6-16-15(17)5-3-8-18(16)24/h2-13H,1H3,(H,25,27)(H,26,28). The summed E-state index contributed by atoms with van der Waals surface area (Å²) in [6.07, 6.45) is 0. The molecule has 3 aromatic carbocycles. The van der Waals surface area contributed by atoms with Crippen molar-refractivity contribution in [3.05, 3.63) is 87.6 Å². The van der Waals surface area contributed by atoms with Crippen LogP contribution in [0.25, 0.3) is 10.8 Å². The minimum absolute atomic E-state index is 0.215. The average molecular weight is 437 g/mol. The molecule has 0 bridgehead atoms. The van der Waals surface area contributed by atoms with Crippen LogP contribution in [0.5, 0.6) is 5.75 Å². The van der Waals surface area contributed by atoms with E-state index in [-0.39, 0.29) is 11.8 Å². The zero-order valence-corrected chi connectivity index (χ0v) is 17.5. The summed E-state index contributed by atoms with van der Waals surface area (Å²) >= 11 is 7.60. The number of thiophene rings is 1. The summed E-state index contributed by atoms with van der Waals surface area (Å²) in [7, 11) is 1.51. The predicted octanol–water partition coefficient (Wildman–Crippen LogP) is 6.07. The van der Waals surface area contributed by atoms with E-state index in [0.29, 0.717) is 32.6 Å². The fraction of sp³-hybridized carbons (Fsp3) is 0.0435. The highest BCUT2D eigenvalue weighted by molar-refractivity contribution is 7.12. The van der Waals surface area contributed by atoms with E-state index in [4.69, 9.17) is 16.3 Å². The number of rotatable bonds is 5. The third-order valence-electron chi connectivity index (χ3n) is 4.57. The van der Waals surface area contributed by atoms with Crippen molar-refractivity contribution in [2.45, 2.75) is 0 Å². The number of hydrogen-bond acceptors (Lipinski definition) is 4. The molecular formula is C23H17ClN2O3S. The summed E-state index contributed by atoms with van der Waals surface area (Å²) in [6, 6.07) is 19.5. The number of halogens is 1. The lowest BCUT2D eigenvalue weighted by Gasteiger charge is -2.13. The van der Waals surface area contributed by atoms with Crippen LogP contribution < -0.4 is 15.4 Å². The Bertz CT molecular complexity index is 1240. The van der Waals surface area contributed by atoms with Crippen LogP contribution in [-0.4, -0.2) is 18.9 Å². The Morgan fingerprint density at radius 3 is 2.47 bits per heavy atom. The van der Waals surface area contributed by atoms with Crippen molar-refractivity contribution in [3.63, 3.8) is 0 Å². The van der Waals surface area contributed by atoms with Crippen molar-refractivity contribution in [3.8, 4) is 5.75 Å². The fourth-order valence-electron chi connectivity index (χ4n) is 3.13. The molecule has 1 aromatic heterocycles. The van der Waals surface area contributed by atoms with Crippen molar-refractivity contribution < 1.29 is 14.3 Å². The molecule has 4 aromatic rings. The van der Waals surface area contributed by atoms with E-state index in [1.807, 2.05) is 29.6 Å². The van der Waals surface area contributed by atoms with Crippen LogP contribution in [0.1, 0.15) is 20.0 Å². The number of fused-ring (bicyclic) bond motifs is 1. The highest BCUT2D eigenvalue weighted by Gasteiger charge is 2.14. The van der Waals surface area contributed by atoms with E-state index >= 15 is 0 Å². The van der Waals surface area contributed by atoms with E-state index in [1.54, 1.807) is 42.5 Å². The van der Waals surface area contributed by atoms with Gasteiger partial charge in [-0.05, 0) is 41.1 Å². The number of hydrogen-bond donors (Lipinski definition) is 2. The molecule has 0 radical (unpaired) electrons. The van der Waals surface area contributed by atoms with Crippen LogP contribution in [0.15, 0.2) is 72.1 Å². The maximum Gasteiger partial charge on any atom is 0.265 e. The van der Waals surface area contributed by atoms with Gasteiger partial charge in [0, 0.05) is 27.7 Å². The van der Waals surface area contributed by atoms with Crippen LogP contribution in [0.2, 0.25) is 5.02 Å². The zero-order chi connectivity index (χ0) is 21.1. The molecule has 0 aliphatic rings. The second-order valence-electron chi connectivity index (χ2n) is 6.44. The van der Waals surface area contributed by atoms with Crippen molar-refractivity contribution in [2.75, 3.05) is 17.7 Å². The minimum atomic E-state index is -0.264. The Morgan fingerprint density at radius 1 is 0.900 bits per heavy atom. The highest BCUT2D eigenvalue weighted by Crippen LogP contribution is 2.30. The molecule has 7 heteroatoms. The maximum atomic E-state index is 12.9. The van der Waals surface area contributed by atoms with Gasteiger partial charge in [0.1, 0.15) is 5.75 Å². The molecule has 30 heavy (non-hydrogen) atoms. The molecule has 0 aliphatic carbocycles. The summed E-state index contributed by atoms with van der Waals surface area (Å²) in [4.78, 5) is 25.8. The summed E-state index contributed by atoms with van der Waals surface area (Å²) in [6.45, 7) is 0. The first kappa shape index (κ1) is 19.9. The zero-order valence-electron chi connectivity index (χ0n) is 15.9. The van der Waals surface area contributed by atoms with Crippen molar-refractivity contribution in [1.82, 2.24) is 0 Å². The molecule has 4 rings (SSSR count). The maximum absolute atomic E-state index is 12.9.